The number of anilines is 1. The summed E-state index contributed by atoms with van der Waals surface area (Å²) in [6.45, 7) is 0. The van der Waals surface area contributed by atoms with E-state index in [0.717, 1.165) is 21.5 Å². The predicted octanol–water partition coefficient (Wildman–Crippen LogP) is 4.58. The maximum absolute atomic E-state index is 14.0. The van der Waals surface area contributed by atoms with E-state index in [0.29, 0.717) is 16.8 Å². The number of carbonyl (C=O) groups excluding carboxylic acids is 3. The zero-order chi connectivity index (χ0) is 25.9. The van der Waals surface area contributed by atoms with Crippen LogP contribution in [0.2, 0.25) is 0 Å². The molecular weight excluding hydrogens is 470 g/mol. The summed E-state index contributed by atoms with van der Waals surface area (Å²) >= 11 is 0. The average molecular weight is 494 g/mol. The first kappa shape index (κ1) is 22.9. The summed E-state index contributed by atoms with van der Waals surface area (Å²) in [7, 11) is 4.07. The Morgan fingerprint density at radius 3 is 2.03 bits per heavy atom. The summed E-state index contributed by atoms with van der Waals surface area (Å²) in [6.07, 6.45) is -1.08. The lowest BCUT2D eigenvalue weighted by Gasteiger charge is -2.27. The van der Waals surface area contributed by atoms with Crippen molar-refractivity contribution < 1.29 is 28.6 Å². The van der Waals surface area contributed by atoms with Gasteiger partial charge in [0.1, 0.15) is 6.10 Å². The van der Waals surface area contributed by atoms with Crippen molar-refractivity contribution in [1.82, 2.24) is 0 Å². The molecule has 0 unspecified atom stereocenters. The number of methoxy groups -OCH3 is 2. The number of esters is 2. The van der Waals surface area contributed by atoms with Gasteiger partial charge < -0.3 is 19.1 Å². The predicted molar refractivity (Wildman–Crippen MR) is 138 cm³/mol. The maximum atomic E-state index is 14.0. The van der Waals surface area contributed by atoms with Crippen LogP contribution in [-0.4, -0.2) is 39.1 Å². The molecule has 0 fully saturated rings. The molecule has 0 aromatic heterocycles. The second kappa shape index (κ2) is 8.28. The van der Waals surface area contributed by atoms with Gasteiger partial charge in [-0.3, -0.25) is 4.79 Å². The lowest BCUT2D eigenvalue weighted by molar-refractivity contribution is -0.148. The smallest absolute Gasteiger partial charge is 0.338 e. The molecule has 4 aromatic carbocycles. The van der Waals surface area contributed by atoms with Crippen LogP contribution in [-0.2, 0) is 34.2 Å². The Labute approximate surface area is 212 Å². The van der Waals surface area contributed by atoms with Gasteiger partial charge in [0.05, 0.1) is 31.1 Å². The quantitative estimate of drug-likeness (QED) is 0.307. The molecule has 0 radical (unpaired) electrons. The van der Waals surface area contributed by atoms with E-state index in [9.17, 15) is 14.4 Å². The van der Waals surface area contributed by atoms with Gasteiger partial charge in [-0.05, 0) is 33.7 Å². The Morgan fingerprint density at radius 2 is 1.41 bits per heavy atom. The number of ether oxygens (including phenoxy) is 3. The molecular formula is C30H23NO6. The van der Waals surface area contributed by atoms with Crippen molar-refractivity contribution in [2.75, 3.05) is 26.2 Å². The molecule has 0 aliphatic carbocycles. The minimum absolute atomic E-state index is 0.0469. The van der Waals surface area contributed by atoms with E-state index in [1.807, 2.05) is 48.5 Å². The highest BCUT2D eigenvalue weighted by atomic mass is 16.6. The van der Waals surface area contributed by atoms with Crippen LogP contribution in [0.15, 0.2) is 90.0 Å². The zero-order valence-corrected chi connectivity index (χ0v) is 20.5. The van der Waals surface area contributed by atoms with Crippen LogP contribution in [0.3, 0.4) is 0 Å². The van der Waals surface area contributed by atoms with Crippen molar-refractivity contribution >= 4 is 45.1 Å². The number of carbonyl (C=O) groups is 3. The standard InChI is InChI=1S/C30H23NO6/c1-31-22-15-9-8-14-21(22)30(29(31)34)25(28(33)36-3)24(27(32)35-2)26(37-30)23-19-12-6-4-10-17(19)16-18-11-5-7-13-20(18)23/h4-16,26H,1-3H3/t26-,30+/m0/s1. The number of para-hydroxylation sites is 1. The van der Waals surface area contributed by atoms with Gasteiger partial charge in [0.25, 0.3) is 5.91 Å². The number of nitrogens with zero attached hydrogens (tertiary/aromatic N) is 1. The Balaban J connectivity index is 1.75. The Morgan fingerprint density at radius 1 is 0.838 bits per heavy atom. The molecule has 0 N–H and O–H groups in total. The summed E-state index contributed by atoms with van der Waals surface area (Å²) in [5, 5.41) is 3.53. The van der Waals surface area contributed by atoms with Gasteiger partial charge in [0, 0.05) is 18.2 Å². The van der Waals surface area contributed by atoms with E-state index in [2.05, 4.69) is 6.07 Å². The van der Waals surface area contributed by atoms with E-state index < -0.39 is 29.6 Å². The molecule has 2 atom stereocenters. The number of amides is 1. The average Bonchev–Trinajstić information content (AvgIpc) is 3.40. The molecule has 0 bridgehead atoms. The van der Waals surface area contributed by atoms with Crippen molar-refractivity contribution in [3.8, 4) is 0 Å². The van der Waals surface area contributed by atoms with Crippen LogP contribution in [0.1, 0.15) is 17.2 Å². The molecule has 2 aliphatic heterocycles. The summed E-state index contributed by atoms with van der Waals surface area (Å²) in [5.74, 6) is -2.08. The van der Waals surface area contributed by atoms with Crippen molar-refractivity contribution in [3.63, 3.8) is 0 Å². The second-order valence-corrected chi connectivity index (χ2v) is 9.06. The van der Waals surface area contributed by atoms with Crippen LogP contribution >= 0.6 is 0 Å². The summed E-state index contributed by atoms with van der Waals surface area (Å²) in [4.78, 5) is 42.3. The summed E-state index contributed by atoms with van der Waals surface area (Å²) in [5.41, 5.74) is -0.352. The topological polar surface area (TPSA) is 82.1 Å². The van der Waals surface area contributed by atoms with Gasteiger partial charge in [0.15, 0.2) is 0 Å². The Hall–Kier alpha value is -4.49. The number of hydrogen-bond acceptors (Lipinski definition) is 6. The van der Waals surface area contributed by atoms with E-state index in [1.165, 1.54) is 19.1 Å². The lowest BCUT2D eigenvalue weighted by atomic mass is 9.84. The molecule has 6 rings (SSSR count). The SMILES string of the molecule is COC(=O)C1=C(C(=O)OC)[C@@]2(O[C@H]1c1c3ccccc3cc3ccccc13)C(=O)N(C)c1ccccc12. The highest BCUT2D eigenvalue weighted by molar-refractivity contribution is 6.18. The summed E-state index contributed by atoms with van der Waals surface area (Å²) < 4.78 is 17.1. The first-order chi connectivity index (χ1) is 17.9. The molecule has 1 amide bonds. The van der Waals surface area contributed by atoms with Crippen molar-refractivity contribution in [3.05, 3.63) is 101 Å². The van der Waals surface area contributed by atoms with Crippen LogP contribution < -0.4 is 4.90 Å². The first-order valence-corrected chi connectivity index (χ1v) is 11.8. The van der Waals surface area contributed by atoms with Crippen molar-refractivity contribution in [2.45, 2.75) is 11.7 Å². The fraction of sp³-hybridized carbons (Fsp3) is 0.167. The molecule has 37 heavy (non-hydrogen) atoms. The van der Waals surface area contributed by atoms with Crippen LogP contribution in [0.5, 0.6) is 0 Å². The highest BCUT2D eigenvalue weighted by Gasteiger charge is 2.64. The molecule has 7 heteroatoms. The van der Waals surface area contributed by atoms with Crippen LogP contribution in [0, 0.1) is 0 Å². The monoisotopic (exact) mass is 493 g/mol. The minimum atomic E-state index is -1.87. The molecule has 184 valence electrons. The third kappa shape index (κ3) is 3.01. The minimum Gasteiger partial charge on any atom is -0.466 e. The van der Waals surface area contributed by atoms with E-state index in [-0.39, 0.29) is 11.1 Å². The Bertz CT molecular complexity index is 1620. The summed E-state index contributed by atoms with van der Waals surface area (Å²) in [6, 6.07) is 24.6. The largest absolute Gasteiger partial charge is 0.466 e. The van der Waals surface area contributed by atoms with Gasteiger partial charge in [-0.15, -0.1) is 0 Å². The second-order valence-electron chi connectivity index (χ2n) is 9.06. The van der Waals surface area contributed by atoms with Crippen LogP contribution in [0.25, 0.3) is 21.5 Å². The maximum Gasteiger partial charge on any atom is 0.338 e. The van der Waals surface area contributed by atoms with E-state index in [4.69, 9.17) is 14.2 Å². The Kier molecular flexibility index (Phi) is 5.14. The third-order valence-corrected chi connectivity index (χ3v) is 7.30. The molecule has 7 nitrogen and oxygen atoms in total. The number of fused-ring (bicyclic) bond motifs is 4. The van der Waals surface area contributed by atoms with Crippen LogP contribution in [0.4, 0.5) is 5.69 Å². The van der Waals surface area contributed by atoms with Crippen molar-refractivity contribution in [1.29, 1.82) is 0 Å². The van der Waals surface area contributed by atoms with Gasteiger partial charge in [-0.25, -0.2) is 9.59 Å². The number of hydrogen-bond donors (Lipinski definition) is 0. The number of benzene rings is 4. The molecule has 2 heterocycles. The van der Waals surface area contributed by atoms with Gasteiger partial charge in [0.2, 0.25) is 5.60 Å². The van der Waals surface area contributed by atoms with Gasteiger partial charge in [-0.1, -0.05) is 66.7 Å². The third-order valence-electron chi connectivity index (χ3n) is 7.30. The lowest BCUT2D eigenvalue weighted by Crippen LogP contribution is -2.42. The van der Waals surface area contributed by atoms with E-state index in [1.54, 1.807) is 31.3 Å². The van der Waals surface area contributed by atoms with E-state index >= 15 is 0 Å². The van der Waals surface area contributed by atoms with Gasteiger partial charge in [-0.2, -0.15) is 0 Å². The first-order valence-electron chi connectivity index (χ1n) is 11.8. The normalized spacial score (nSPS) is 20.7. The molecule has 0 saturated heterocycles. The molecule has 2 aliphatic rings. The zero-order valence-electron chi connectivity index (χ0n) is 20.5. The molecule has 1 spiro atoms. The fourth-order valence-corrected chi connectivity index (χ4v) is 5.70. The fourth-order valence-electron chi connectivity index (χ4n) is 5.70. The molecule has 0 saturated carbocycles. The van der Waals surface area contributed by atoms with Gasteiger partial charge >= 0.3 is 11.9 Å². The highest BCUT2D eigenvalue weighted by Crippen LogP contribution is 2.57. The number of rotatable bonds is 3. The number of likely N-dealkylation sites (N-methyl/N-ethyl adjacent to an activating group) is 1. The molecule has 4 aromatic rings. The van der Waals surface area contributed by atoms with Crippen molar-refractivity contribution in [2.24, 2.45) is 0 Å².